The summed E-state index contributed by atoms with van der Waals surface area (Å²) in [6, 6.07) is -0.473. The van der Waals surface area contributed by atoms with Crippen molar-refractivity contribution in [3.8, 4) is 0 Å². The summed E-state index contributed by atoms with van der Waals surface area (Å²) in [4.78, 5) is 13.2. The van der Waals surface area contributed by atoms with Crippen molar-refractivity contribution >= 4 is 5.97 Å². The molecule has 1 aliphatic rings. The van der Waals surface area contributed by atoms with Gasteiger partial charge in [-0.25, -0.2) is 0 Å². The molecule has 0 aromatic heterocycles. The van der Waals surface area contributed by atoms with E-state index in [1.54, 1.807) is 7.05 Å². The maximum absolute atomic E-state index is 11.0. The van der Waals surface area contributed by atoms with Gasteiger partial charge in [-0.2, -0.15) is 0 Å². The summed E-state index contributed by atoms with van der Waals surface area (Å²) in [7, 11) is 1.69. The fourth-order valence-corrected chi connectivity index (χ4v) is 2.81. The molecule has 1 rings (SSSR count). The molecule has 0 aromatic rings. The van der Waals surface area contributed by atoms with Crippen LogP contribution < -0.4 is 5.32 Å². The van der Waals surface area contributed by atoms with Gasteiger partial charge in [0.05, 0.1) is 11.2 Å². The summed E-state index contributed by atoms with van der Waals surface area (Å²) in [5.41, 5.74) is -0.361. The van der Waals surface area contributed by atoms with Crippen molar-refractivity contribution < 1.29 is 14.6 Å². The number of morpholine rings is 1. The minimum atomic E-state index is -0.788. The predicted octanol–water partition coefficient (Wildman–Crippen LogP) is 0.939. The topological polar surface area (TPSA) is 61.8 Å². The summed E-state index contributed by atoms with van der Waals surface area (Å²) in [5.74, 6) is -0.788. The third kappa shape index (κ3) is 4.55. The zero-order valence-electron chi connectivity index (χ0n) is 12.1. The quantitative estimate of drug-likeness (QED) is 0.768. The summed E-state index contributed by atoms with van der Waals surface area (Å²) in [6.45, 7) is 10.8. The molecule has 0 radical (unpaired) electrons. The largest absolute Gasteiger partial charge is 0.480 e. The molecule has 1 fully saturated rings. The highest BCUT2D eigenvalue weighted by Crippen LogP contribution is 2.28. The van der Waals surface area contributed by atoms with Gasteiger partial charge in [0.25, 0.3) is 0 Å². The van der Waals surface area contributed by atoms with E-state index in [9.17, 15) is 4.79 Å². The average Bonchev–Trinajstić information content (AvgIpc) is 2.12. The van der Waals surface area contributed by atoms with E-state index in [-0.39, 0.29) is 11.2 Å². The Labute approximate surface area is 109 Å². The van der Waals surface area contributed by atoms with E-state index in [2.05, 4.69) is 37.9 Å². The van der Waals surface area contributed by atoms with Crippen molar-refractivity contribution in [3.05, 3.63) is 0 Å². The van der Waals surface area contributed by atoms with Crippen LogP contribution in [0.15, 0.2) is 0 Å². The molecule has 0 saturated carbocycles. The van der Waals surface area contributed by atoms with Crippen molar-refractivity contribution in [3.63, 3.8) is 0 Å². The van der Waals surface area contributed by atoms with E-state index in [1.165, 1.54) is 0 Å². The third-order valence-corrected chi connectivity index (χ3v) is 3.14. The van der Waals surface area contributed by atoms with Gasteiger partial charge in [0.2, 0.25) is 0 Å². The first-order valence-corrected chi connectivity index (χ1v) is 6.48. The normalized spacial score (nSPS) is 24.7. The molecular formula is C13H26N2O3. The molecule has 2 N–H and O–H groups in total. The molecule has 0 spiro atoms. The molecule has 1 aliphatic heterocycles. The fraction of sp³-hybridized carbons (Fsp3) is 0.923. The second kappa shape index (κ2) is 5.55. The number of likely N-dealkylation sites (N-methyl/N-ethyl adjacent to an activating group) is 1. The predicted molar refractivity (Wildman–Crippen MR) is 70.8 cm³/mol. The second-order valence-electron chi connectivity index (χ2n) is 6.30. The van der Waals surface area contributed by atoms with Gasteiger partial charge in [0.1, 0.15) is 6.04 Å². The lowest BCUT2D eigenvalue weighted by Crippen LogP contribution is -2.57. The molecule has 0 amide bonds. The standard InChI is InChI=1S/C13H26N2O3/c1-12(2)8-15(9-13(3,4)18-12)7-6-10(14-5)11(16)17/h10,14H,6-9H2,1-5H3,(H,16,17). The Morgan fingerprint density at radius 1 is 1.33 bits per heavy atom. The van der Waals surface area contributed by atoms with Crippen LogP contribution >= 0.6 is 0 Å². The van der Waals surface area contributed by atoms with Crippen LogP contribution in [0.25, 0.3) is 0 Å². The number of rotatable bonds is 5. The Hall–Kier alpha value is -0.650. The molecule has 5 nitrogen and oxygen atoms in total. The lowest BCUT2D eigenvalue weighted by atomic mass is 9.98. The molecule has 0 aromatic carbocycles. The number of nitrogens with one attached hydrogen (secondary N) is 1. The zero-order chi connectivity index (χ0) is 14.0. The van der Waals surface area contributed by atoms with Crippen molar-refractivity contribution in [1.82, 2.24) is 10.2 Å². The van der Waals surface area contributed by atoms with Gasteiger partial charge in [-0.3, -0.25) is 9.69 Å². The smallest absolute Gasteiger partial charge is 0.320 e. The Kier molecular flexibility index (Phi) is 4.75. The molecule has 1 saturated heterocycles. The zero-order valence-corrected chi connectivity index (χ0v) is 12.1. The number of ether oxygens (including phenoxy) is 1. The molecule has 0 bridgehead atoms. The van der Waals surface area contributed by atoms with Crippen LogP contribution in [0.3, 0.4) is 0 Å². The summed E-state index contributed by atoms with van der Waals surface area (Å²) in [5, 5.41) is 11.8. The van der Waals surface area contributed by atoms with E-state index in [0.717, 1.165) is 19.6 Å². The van der Waals surface area contributed by atoms with Crippen LogP contribution in [0, 0.1) is 0 Å². The van der Waals surface area contributed by atoms with Crippen LogP contribution in [-0.2, 0) is 9.53 Å². The first-order valence-electron chi connectivity index (χ1n) is 6.48. The Morgan fingerprint density at radius 3 is 2.22 bits per heavy atom. The lowest BCUT2D eigenvalue weighted by molar-refractivity contribution is -0.180. The molecular weight excluding hydrogens is 232 g/mol. The summed E-state index contributed by atoms with van der Waals surface area (Å²) in [6.07, 6.45) is 0.609. The van der Waals surface area contributed by atoms with Crippen LogP contribution in [0.5, 0.6) is 0 Å². The first kappa shape index (κ1) is 15.4. The van der Waals surface area contributed by atoms with Gasteiger partial charge >= 0.3 is 5.97 Å². The number of nitrogens with zero attached hydrogens (tertiary/aromatic N) is 1. The van der Waals surface area contributed by atoms with E-state index in [4.69, 9.17) is 9.84 Å². The Balaban J connectivity index is 2.54. The number of carboxylic acids is 1. The Bertz CT molecular complexity index is 287. The molecule has 18 heavy (non-hydrogen) atoms. The lowest BCUT2D eigenvalue weighted by Gasteiger charge is -2.47. The van der Waals surface area contributed by atoms with Gasteiger partial charge in [0.15, 0.2) is 0 Å². The van der Waals surface area contributed by atoms with Gasteiger partial charge in [-0.15, -0.1) is 0 Å². The Morgan fingerprint density at radius 2 is 1.83 bits per heavy atom. The van der Waals surface area contributed by atoms with Crippen molar-refractivity contribution in [2.75, 3.05) is 26.7 Å². The second-order valence-corrected chi connectivity index (χ2v) is 6.30. The highest BCUT2D eigenvalue weighted by atomic mass is 16.5. The summed E-state index contributed by atoms with van der Waals surface area (Å²) < 4.78 is 6.00. The maximum Gasteiger partial charge on any atom is 0.320 e. The number of hydrogen-bond acceptors (Lipinski definition) is 4. The first-order chi connectivity index (χ1) is 8.15. The van der Waals surface area contributed by atoms with Crippen LogP contribution in [0.1, 0.15) is 34.1 Å². The van der Waals surface area contributed by atoms with Gasteiger partial charge in [-0.05, 0) is 41.2 Å². The minimum absolute atomic E-state index is 0.180. The highest BCUT2D eigenvalue weighted by Gasteiger charge is 2.38. The number of carbonyl (C=O) groups is 1. The number of carboxylic acid groups (broad SMARTS) is 1. The van der Waals surface area contributed by atoms with E-state index in [1.807, 2.05) is 0 Å². The number of hydrogen-bond donors (Lipinski definition) is 2. The van der Waals surface area contributed by atoms with Gasteiger partial charge < -0.3 is 15.2 Å². The average molecular weight is 258 g/mol. The van der Waals surface area contributed by atoms with Crippen molar-refractivity contribution in [2.45, 2.75) is 51.4 Å². The molecule has 0 aliphatic carbocycles. The monoisotopic (exact) mass is 258 g/mol. The molecule has 1 heterocycles. The molecule has 5 heteroatoms. The number of aliphatic carboxylic acids is 1. The van der Waals surface area contributed by atoms with Gasteiger partial charge in [-0.1, -0.05) is 0 Å². The van der Waals surface area contributed by atoms with Crippen molar-refractivity contribution in [1.29, 1.82) is 0 Å². The van der Waals surface area contributed by atoms with Crippen LogP contribution in [-0.4, -0.2) is 59.9 Å². The maximum atomic E-state index is 11.0. The van der Waals surface area contributed by atoms with Crippen LogP contribution in [0.2, 0.25) is 0 Å². The fourth-order valence-electron chi connectivity index (χ4n) is 2.81. The van der Waals surface area contributed by atoms with E-state index < -0.39 is 12.0 Å². The molecule has 1 unspecified atom stereocenters. The summed E-state index contributed by atoms with van der Waals surface area (Å²) >= 11 is 0. The van der Waals surface area contributed by atoms with Crippen LogP contribution in [0.4, 0.5) is 0 Å². The molecule has 1 atom stereocenters. The minimum Gasteiger partial charge on any atom is -0.480 e. The highest BCUT2D eigenvalue weighted by molar-refractivity contribution is 5.73. The van der Waals surface area contributed by atoms with Gasteiger partial charge in [0, 0.05) is 19.6 Å². The SMILES string of the molecule is CNC(CCN1CC(C)(C)OC(C)(C)C1)C(=O)O. The van der Waals surface area contributed by atoms with E-state index >= 15 is 0 Å². The van der Waals surface area contributed by atoms with E-state index in [0.29, 0.717) is 6.42 Å². The van der Waals surface area contributed by atoms with Crippen molar-refractivity contribution in [2.24, 2.45) is 0 Å². The third-order valence-electron chi connectivity index (χ3n) is 3.14. The molecule has 106 valence electrons.